The van der Waals surface area contributed by atoms with Gasteiger partial charge in [-0.1, -0.05) is 53.3 Å². The molecule has 0 aliphatic carbocycles. The highest BCUT2D eigenvalue weighted by Crippen LogP contribution is 2.27. The second kappa shape index (κ2) is 9.30. The zero-order chi connectivity index (χ0) is 23.4. The van der Waals surface area contributed by atoms with E-state index in [1.54, 1.807) is 24.3 Å². The first-order valence-corrected chi connectivity index (χ1v) is 10.5. The van der Waals surface area contributed by atoms with E-state index < -0.39 is 11.9 Å². The molecule has 4 aromatic rings. The number of aromatic carboxylic acids is 1. The molecule has 8 nitrogen and oxygen atoms in total. The van der Waals surface area contributed by atoms with Crippen LogP contribution >= 0.6 is 11.3 Å². The molecule has 2 aromatic heterocycles. The van der Waals surface area contributed by atoms with Crippen LogP contribution in [0.3, 0.4) is 0 Å². The number of hydrogen-bond donors (Lipinski definition) is 2. The summed E-state index contributed by atoms with van der Waals surface area (Å²) in [5.74, 6) is -1.01. The van der Waals surface area contributed by atoms with Crippen LogP contribution in [0.1, 0.15) is 21.7 Å². The predicted molar refractivity (Wildman–Crippen MR) is 123 cm³/mol. The lowest BCUT2D eigenvalue weighted by atomic mass is 10.1. The van der Waals surface area contributed by atoms with Crippen molar-refractivity contribution in [3.63, 3.8) is 0 Å². The molecule has 1 amide bonds. The maximum Gasteiger partial charge on any atom is 0.335 e. The van der Waals surface area contributed by atoms with Crippen molar-refractivity contribution in [3.8, 4) is 28.0 Å². The number of aryl methyl sites for hydroxylation is 1. The fourth-order valence-corrected chi connectivity index (χ4v) is 3.68. The first-order chi connectivity index (χ1) is 15.9. The molecule has 2 N–H and O–H groups in total. The summed E-state index contributed by atoms with van der Waals surface area (Å²) in [6, 6.07) is 19.1. The Labute approximate surface area is 192 Å². The number of benzene rings is 2. The van der Waals surface area contributed by atoms with Gasteiger partial charge in [0.15, 0.2) is 0 Å². The van der Waals surface area contributed by atoms with Gasteiger partial charge in [0.05, 0.1) is 5.56 Å². The van der Waals surface area contributed by atoms with Crippen molar-refractivity contribution in [2.45, 2.75) is 6.92 Å². The number of nitrogens with one attached hydrogen (secondary N) is 1. The minimum atomic E-state index is -1.05. The summed E-state index contributed by atoms with van der Waals surface area (Å²) >= 11 is 1.20. The number of anilines is 1. The molecule has 162 valence electrons. The molecule has 9 heteroatoms. The topological polar surface area (TPSA) is 129 Å². The number of carboxylic acid groups (broad SMARTS) is 1. The number of hydrogen-bond acceptors (Lipinski definition) is 7. The van der Waals surface area contributed by atoms with E-state index in [0.29, 0.717) is 16.3 Å². The number of nitrogens with zero attached hydrogens (tertiary/aromatic N) is 3. The van der Waals surface area contributed by atoms with Crippen LogP contribution in [0.2, 0.25) is 0 Å². The average Bonchev–Trinajstić information content (AvgIpc) is 3.48. The van der Waals surface area contributed by atoms with E-state index in [9.17, 15) is 14.9 Å². The Balaban J connectivity index is 1.50. The normalized spacial score (nSPS) is 11.1. The Hall–Kier alpha value is -4.55. The third-order valence-corrected chi connectivity index (χ3v) is 5.50. The molecule has 33 heavy (non-hydrogen) atoms. The molecule has 0 saturated heterocycles. The van der Waals surface area contributed by atoms with Gasteiger partial charge in [-0.3, -0.25) is 10.1 Å². The highest BCUT2D eigenvalue weighted by molar-refractivity contribution is 7.18. The van der Waals surface area contributed by atoms with E-state index in [2.05, 4.69) is 15.5 Å². The monoisotopic (exact) mass is 456 g/mol. The zero-order valence-electron chi connectivity index (χ0n) is 17.3. The van der Waals surface area contributed by atoms with Gasteiger partial charge in [0.1, 0.15) is 28.2 Å². The lowest BCUT2D eigenvalue weighted by Gasteiger charge is -2.00. The lowest BCUT2D eigenvalue weighted by Crippen LogP contribution is -2.13. The van der Waals surface area contributed by atoms with Crippen molar-refractivity contribution in [3.05, 3.63) is 83.1 Å². The van der Waals surface area contributed by atoms with Crippen LogP contribution in [0.4, 0.5) is 5.13 Å². The van der Waals surface area contributed by atoms with Gasteiger partial charge in [-0.05, 0) is 31.2 Å². The Morgan fingerprint density at radius 1 is 1.09 bits per heavy atom. The van der Waals surface area contributed by atoms with E-state index >= 15 is 0 Å². The van der Waals surface area contributed by atoms with Gasteiger partial charge in [-0.25, -0.2) is 4.79 Å². The smallest absolute Gasteiger partial charge is 0.335 e. The Kier molecular flexibility index (Phi) is 6.11. The first kappa shape index (κ1) is 21.7. The van der Waals surface area contributed by atoms with Gasteiger partial charge in [0, 0.05) is 17.2 Å². The van der Waals surface area contributed by atoms with Gasteiger partial charge in [0.2, 0.25) is 5.13 Å². The molecule has 2 aromatic carbocycles. The van der Waals surface area contributed by atoms with Gasteiger partial charge >= 0.3 is 5.97 Å². The molecule has 0 aliphatic heterocycles. The number of amides is 1. The van der Waals surface area contributed by atoms with E-state index in [1.807, 2.05) is 37.3 Å². The van der Waals surface area contributed by atoms with Crippen molar-refractivity contribution in [1.82, 2.24) is 10.2 Å². The summed E-state index contributed by atoms with van der Waals surface area (Å²) < 4.78 is 5.68. The van der Waals surface area contributed by atoms with Gasteiger partial charge in [0.25, 0.3) is 5.91 Å². The quantitative estimate of drug-likeness (QED) is 0.308. The Morgan fingerprint density at radius 2 is 1.88 bits per heavy atom. The van der Waals surface area contributed by atoms with Crippen molar-refractivity contribution in [2.24, 2.45) is 0 Å². The molecule has 4 rings (SSSR count). The number of nitriles is 1. The van der Waals surface area contributed by atoms with Crippen LogP contribution in [-0.2, 0) is 4.79 Å². The standard InChI is InChI=1S/C24H16N4O4S/c1-14-5-7-15(8-6-14)22-27-28-24(33-22)26-21(29)18(13-25)12-19-9-10-20(32-19)16-3-2-4-17(11-16)23(30)31/h2-12H,1H3,(H,30,31)(H,26,28,29)/b18-12-. The van der Waals surface area contributed by atoms with Crippen molar-refractivity contribution >= 4 is 34.4 Å². The molecular weight excluding hydrogens is 440 g/mol. The van der Waals surface area contributed by atoms with Crippen LogP contribution in [-0.4, -0.2) is 27.2 Å². The number of furan rings is 1. The largest absolute Gasteiger partial charge is 0.478 e. The molecule has 0 spiro atoms. The molecule has 2 heterocycles. The lowest BCUT2D eigenvalue weighted by molar-refractivity contribution is -0.112. The molecule has 0 unspecified atom stereocenters. The zero-order valence-corrected chi connectivity index (χ0v) is 18.1. The average molecular weight is 456 g/mol. The molecule has 0 fully saturated rings. The third-order valence-electron chi connectivity index (χ3n) is 4.62. The molecule has 0 aliphatic rings. The van der Waals surface area contributed by atoms with Crippen LogP contribution < -0.4 is 5.32 Å². The summed E-state index contributed by atoms with van der Waals surface area (Å²) in [5.41, 5.74) is 2.51. The first-order valence-electron chi connectivity index (χ1n) is 9.70. The van der Waals surface area contributed by atoms with E-state index in [0.717, 1.165) is 11.1 Å². The molecular formula is C24H16N4O4S. The SMILES string of the molecule is Cc1ccc(-c2nnc(NC(=O)/C(C#N)=C\c3ccc(-c4cccc(C(=O)O)c4)o3)s2)cc1. The Morgan fingerprint density at radius 3 is 2.61 bits per heavy atom. The number of aromatic nitrogens is 2. The minimum absolute atomic E-state index is 0.125. The van der Waals surface area contributed by atoms with Crippen molar-refractivity contribution < 1.29 is 19.1 Å². The number of carbonyl (C=O) groups is 2. The number of carboxylic acids is 1. The van der Waals surface area contributed by atoms with Crippen molar-refractivity contribution in [2.75, 3.05) is 5.32 Å². The molecule has 0 atom stereocenters. The van der Waals surface area contributed by atoms with Crippen LogP contribution in [0, 0.1) is 18.3 Å². The second-order valence-corrected chi connectivity index (χ2v) is 7.97. The van der Waals surface area contributed by atoms with Gasteiger partial charge < -0.3 is 9.52 Å². The number of rotatable bonds is 6. The van der Waals surface area contributed by atoms with E-state index in [-0.39, 0.29) is 22.0 Å². The van der Waals surface area contributed by atoms with Crippen LogP contribution in [0.15, 0.2) is 70.7 Å². The summed E-state index contributed by atoms with van der Waals surface area (Å²) in [5, 5.41) is 30.1. The van der Waals surface area contributed by atoms with E-state index in [1.165, 1.54) is 29.5 Å². The molecule has 0 saturated carbocycles. The fourth-order valence-electron chi connectivity index (χ4n) is 2.93. The third kappa shape index (κ3) is 5.03. The van der Waals surface area contributed by atoms with Gasteiger partial charge in [-0.15, -0.1) is 10.2 Å². The highest BCUT2D eigenvalue weighted by Gasteiger charge is 2.15. The predicted octanol–water partition coefficient (Wildman–Crippen LogP) is 5.02. The van der Waals surface area contributed by atoms with Crippen LogP contribution in [0.5, 0.6) is 0 Å². The highest BCUT2D eigenvalue weighted by atomic mass is 32.1. The molecule has 0 bridgehead atoms. The van der Waals surface area contributed by atoms with Gasteiger partial charge in [-0.2, -0.15) is 5.26 Å². The second-order valence-electron chi connectivity index (χ2n) is 6.99. The molecule has 0 radical (unpaired) electrons. The minimum Gasteiger partial charge on any atom is -0.478 e. The number of carbonyl (C=O) groups excluding carboxylic acids is 1. The summed E-state index contributed by atoms with van der Waals surface area (Å²) in [6.07, 6.45) is 1.31. The maximum absolute atomic E-state index is 12.6. The summed E-state index contributed by atoms with van der Waals surface area (Å²) in [4.78, 5) is 23.7. The summed E-state index contributed by atoms with van der Waals surface area (Å²) in [7, 11) is 0. The summed E-state index contributed by atoms with van der Waals surface area (Å²) in [6.45, 7) is 1.99. The van der Waals surface area contributed by atoms with E-state index in [4.69, 9.17) is 9.52 Å². The maximum atomic E-state index is 12.6. The van der Waals surface area contributed by atoms with Crippen molar-refractivity contribution in [1.29, 1.82) is 5.26 Å². The van der Waals surface area contributed by atoms with Crippen LogP contribution in [0.25, 0.3) is 28.0 Å². The fraction of sp³-hybridized carbons (Fsp3) is 0.0417. The Bertz CT molecular complexity index is 1410.